The van der Waals surface area contributed by atoms with Crippen molar-refractivity contribution < 1.29 is 9.59 Å². The van der Waals surface area contributed by atoms with Gasteiger partial charge in [0.15, 0.2) is 5.78 Å². The summed E-state index contributed by atoms with van der Waals surface area (Å²) in [6.07, 6.45) is 0. The number of halogens is 1. The number of anilines is 1. The number of likely N-dealkylation sites (tertiary alicyclic amines) is 1. The van der Waals surface area contributed by atoms with Gasteiger partial charge in [-0.3, -0.25) is 14.5 Å². The minimum absolute atomic E-state index is 0.0215. The molecule has 4 nitrogen and oxygen atoms in total. The van der Waals surface area contributed by atoms with Crippen molar-refractivity contribution in [2.45, 2.75) is 11.5 Å². The Morgan fingerprint density at radius 2 is 1.67 bits per heavy atom. The van der Waals surface area contributed by atoms with E-state index in [1.54, 1.807) is 0 Å². The Morgan fingerprint density at radius 1 is 1.00 bits per heavy atom. The summed E-state index contributed by atoms with van der Waals surface area (Å²) < 4.78 is 0. The van der Waals surface area contributed by atoms with Crippen molar-refractivity contribution in [2.24, 2.45) is 5.92 Å². The van der Waals surface area contributed by atoms with Crippen molar-refractivity contribution in [2.75, 3.05) is 18.9 Å². The maximum Gasteiger partial charge on any atom is 0.250 e. The third-order valence-electron chi connectivity index (χ3n) is 6.50. The molecule has 150 valence electrons. The lowest BCUT2D eigenvalue weighted by Crippen LogP contribution is -2.51. The highest BCUT2D eigenvalue weighted by Crippen LogP contribution is 2.55. The van der Waals surface area contributed by atoms with Gasteiger partial charge < -0.3 is 5.32 Å². The highest BCUT2D eigenvalue weighted by molar-refractivity contribution is 6.30. The van der Waals surface area contributed by atoms with E-state index in [1.807, 2.05) is 90.8 Å². The van der Waals surface area contributed by atoms with Crippen LogP contribution >= 0.6 is 11.6 Å². The predicted octanol–water partition coefficient (Wildman–Crippen LogP) is 4.72. The van der Waals surface area contributed by atoms with E-state index in [0.717, 1.165) is 16.8 Å². The molecule has 2 aliphatic heterocycles. The Kier molecular flexibility index (Phi) is 4.49. The van der Waals surface area contributed by atoms with E-state index in [1.165, 1.54) is 0 Å². The molecule has 30 heavy (non-hydrogen) atoms. The molecule has 3 aromatic carbocycles. The molecule has 1 unspecified atom stereocenters. The number of ketones is 1. The first-order valence-corrected chi connectivity index (χ1v) is 10.4. The summed E-state index contributed by atoms with van der Waals surface area (Å²) >= 11 is 6.11. The second-order valence-corrected chi connectivity index (χ2v) is 8.45. The normalized spacial score (nSPS) is 25.3. The van der Waals surface area contributed by atoms with E-state index >= 15 is 0 Å². The SMILES string of the molecule is CN1C[C@H](c2ccc(Cl)cc2)C(C(=O)c2ccccc2)[C@]12C(=O)Nc1ccccc12. The second-order valence-electron chi connectivity index (χ2n) is 8.01. The smallest absolute Gasteiger partial charge is 0.250 e. The number of para-hydroxylation sites is 1. The van der Waals surface area contributed by atoms with E-state index in [0.29, 0.717) is 17.1 Å². The number of hydrogen-bond acceptors (Lipinski definition) is 3. The van der Waals surface area contributed by atoms with Crippen LogP contribution in [0.15, 0.2) is 78.9 Å². The third-order valence-corrected chi connectivity index (χ3v) is 6.75. The average molecular weight is 417 g/mol. The fourth-order valence-electron chi connectivity index (χ4n) is 5.19. The van der Waals surface area contributed by atoms with Crippen LogP contribution in [0.2, 0.25) is 5.02 Å². The number of Topliss-reactive ketones (excluding diaryl/α,β-unsaturated/α-hetero) is 1. The van der Waals surface area contributed by atoms with Crippen LogP contribution < -0.4 is 5.32 Å². The van der Waals surface area contributed by atoms with Gasteiger partial charge in [-0.2, -0.15) is 0 Å². The molecule has 5 rings (SSSR count). The number of likely N-dealkylation sites (N-methyl/N-ethyl adjacent to an activating group) is 1. The molecule has 0 aromatic heterocycles. The minimum atomic E-state index is -1.05. The van der Waals surface area contributed by atoms with Crippen LogP contribution in [0, 0.1) is 5.92 Å². The molecule has 0 saturated carbocycles. The molecular weight excluding hydrogens is 396 g/mol. The van der Waals surface area contributed by atoms with Gasteiger partial charge in [0.05, 0.1) is 5.92 Å². The zero-order chi connectivity index (χ0) is 20.9. The first-order chi connectivity index (χ1) is 14.5. The summed E-state index contributed by atoms with van der Waals surface area (Å²) in [5, 5.41) is 3.67. The molecule has 5 heteroatoms. The van der Waals surface area contributed by atoms with E-state index in [4.69, 9.17) is 11.6 Å². The Balaban J connectivity index is 1.73. The Morgan fingerprint density at radius 3 is 2.40 bits per heavy atom. The summed E-state index contributed by atoms with van der Waals surface area (Å²) in [6.45, 7) is 0.590. The van der Waals surface area contributed by atoms with Crippen molar-refractivity contribution in [3.8, 4) is 0 Å². The number of fused-ring (bicyclic) bond motifs is 2. The standard InChI is InChI=1S/C25H21ClN2O2/c1-28-15-19(16-11-13-18(26)14-12-16)22(23(29)17-7-3-2-4-8-17)25(28)20-9-5-6-10-21(20)27-24(25)30/h2-14,19,22H,15H2,1H3,(H,27,30)/t19-,22?,25-/m1/s1. The number of hydrogen-bond donors (Lipinski definition) is 1. The van der Waals surface area contributed by atoms with Crippen molar-refractivity contribution in [3.05, 3.63) is 101 Å². The topological polar surface area (TPSA) is 49.4 Å². The van der Waals surface area contributed by atoms with E-state index in [2.05, 4.69) is 5.32 Å². The number of benzene rings is 3. The largest absolute Gasteiger partial charge is 0.324 e. The van der Waals surface area contributed by atoms with E-state index < -0.39 is 11.5 Å². The van der Waals surface area contributed by atoms with Crippen LogP contribution in [-0.2, 0) is 10.3 Å². The molecule has 0 aliphatic carbocycles. The highest BCUT2D eigenvalue weighted by Gasteiger charge is 2.64. The zero-order valence-electron chi connectivity index (χ0n) is 16.5. The average Bonchev–Trinajstić information content (AvgIpc) is 3.24. The molecule has 2 aliphatic rings. The summed E-state index contributed by atoms with van der Waals surface area (Å²) in [4.78, 5) is 29.5. The summed E-state index contributed by atoms with van der Waals surface area (Å²) in [6, 6.07) is 24.6. The van der Waals surface area contributed by atoms with Crippen molar-refractivity contribution in [1.82, 2.24) is 4.90 Å². The van der Waals surface area contributed by atoms with Crippen LogP contribution in [0.1, 0.15) is 27.4 Å². The molecule has 2 heterocycles. The maximum absolute atomic E-state index is 13.9. The highest BCUT2D eigenvalue weighted by atomic mass is 35.5. The van der Waals surface area contributed by atoms with Crippen molar-refractivity contribution >= 4 is 29.0 Å². The predicted molar refractivity (Wildman–Crippen MR) is 118 cm³/mol. The fraction of sp³-hybridized carbons (Fsp3) is 0.200. The van der Waals surface area contributed by atoms with Gasteiger partial charge in [0, 0.05) is 34.3 Å². The molecule has 0 bridgehead atoms. The van der Waals surface area contributed by atoms with E-state index in [-0.39, 0.29) is 17.6 Å². The third kappa shape index (κ3) is 2.64. The molecule has 0 radical (unpaired) electrons. The Labute approximate surface area is 180 Å². The van der Waals surface area contributed by atoms with Crippen LogP contribution in [0.25, 0.3) is 0 Å². The summed E-state index contributed by atoms with van der Waals surface area (Å²) in [7, 11) is 1.93. The maximum atomic E-state index is 13.9. The molecule has 3 aromatic rings. The Bertz CT molecular complexity index is 1130. The van der Waals surface area contributed by atoms with Gasteiger partial charge in [0.2, 0.25) is 5.91 Å². The van der Waals surface area contributed by atoms with Crippen molar-refractivity contribution in [1.29, 1.82) is 0 Å². The lowest BCUT2D eigenvalue weighted by molar-refractivity contribution is -0.126. The number of nitrogens with one attached hydrogen (secondary N) is 1. The molecular formula is C25H21ClN2O2. The van der Waals surface area contributed by atoms with Crippen LogP contribution in [0.4, 0.5) is 5.69 Å². The minimum Gasteiger partial charge on any atom is -0.324 e. The fourth-order valence-corrected chi connectivity index (χ4v) is 5.31. The zero-order valence-corrected chi connectivity index (χ0v) is 17.3. The summed E-state index contributed by atoms with van der Waals surface area (Å²) in [5.74, 6) is -0.865. The van der Waals surface area contributed by atoms with Gasteiger partial charge in [0.1, 0.15) is 5.54 Å². The van der Waals surface area contributed by atoms with Gasteiger partial charge in [-0.15, -0.1) is 0 Å². The molecule has 1 N–H and O–H groups in total. The lowest BCUT2D eigenvalue weighted by Gasteiger charge is -2.35. The first-order valence-electron chi connectivity index (χ1n) is 10.0. The van der Waals surface area contributed by atoms with Gasteiger partial charge in [-0.1, -0.05) is 72.3 Å². The summed E-state index contributed by atoms with van der Waals surface area (Å²) in [5.41, 5.74) is 2.22. The number of rotatable bonds is 3. The first kappa shape index (κ1) is 19.0. The van der Waals surface area contributed by atoms with Gasteiger partial charge >= 0.3 is 0 Å². The number of nitrogens with zero attached hydrogens (tertiary/aromatic N) is 1. The van der Waals surface area contributed by atoms with Crippen LogP contribution in [0.5, 0.6) is 0 Å². The molecule has 1 amide bonds. The van der Waals surface area contributed by atoms with Gasteiger partial charge in [-0.25, -0.2) is 0 Å². The second kappa shape index (κ2) is 7.08. The van der Waals surface area contributed by atoms with Gasteiger partial charge in [-0.05, 0) is 30.8 Å². The van der Waals surface area contributed by atoms with Crippen LogP contribution in [-0.4, -0.2) is 30.2 Å². The molecule has 3 atom stereocenters. The van der Waals surface area contributed by atoms with Crippen molar-refractivity contribution in [3.63, 3.8) is 0 Å². The number of carbonyl (C=O) groups is 2. The monoisotopic (exact) mass is 416 g/mol. The lowest BCUT2D eigenvalue weighted by atomic mass is 9.70. The molecule has 1 spiro atoms. The number of amides is 1. The molecule has 1 fully saturated rings. The molecule has 1 saturated heterocycles. The quantitative estimate of drug-likeness (QED) is 0.629. The van der Waals surface area contributed by atoms with Gasteiger partial charge in [0.25, 0.3) is 0 Å². The van der Waals surface area contributed by atoms with E-state index in [9.17, 15) is 9.59 Å². The van der Waals surface area contributed by atoms with Crippen LogP contribution in [0.3, 0.4) is 0 Å². The number of carbonyl (C=O) groups excluding carboxylic acids is 2. The Hall–Kier alpha value is -2.95.